The summed E-state index contributed by atoms with van der Waals surface area (Å²) in [4.78, 5) is 18.0. The number of aromatic nitrogens is 1. The number of anilines is 1. The second-order valence-corrected chi connectivity index (χ2v) is 6.74. The maximum atomic E-state index is 12.2. The van der Waals surface area contributed by atoms with Gasteiger partial charge in [-0.1, -0.05) is 30.3 Å². The van der Waals surface area contributed by atoms with Crippen LogP contribution in [0.4, 0.5) is 5.69 Å². The number of nitrogens with one attached hydrogen (secondary N) is 2. The zero-order valence-corrected chi connectivity index (χ0v) is 14.1. The van der Waals surface area contributed by atoms with Gasteiger partial charge in [0.25, 0.3) is 5.91 Å². The molecule has 0 aliphatic heterocycles. The highest BCUT2D eigenvalue weighted by Gasteiger charge is 2.22. The molecule has 1 unspecified atom stereocenters. The van der Waals surface area contributed by atoms with E-state index in [4.69, 9.17) is 4.98 Å². The molecule has 23 heavy (non-hydrogen) atoms. The Morgan fingerprint density at radius 3 is 2.61 bits per heavy atom. The molecule has 1 aromatic heterocycles. The minimum atomic E-state index is 0.0154. The predicted molar refractivity (Wildman–Crippen MR) is 94.9 cm³/mol. The predicted octanol–water partition coefficient (Wildman–Crippen LogP) is 2.51. The Balaban J connectivity index is 1.65. The van der Waals surface area contributed by atoms with Crippen molar-refractivity contribution in [2.24, 2.45) is 0 Å². The van der Waals surface area contributed by atoms with Crippen LogP contribution >= 0.6 is 11.3 Å². The number of hydrogen-bond donors (Lipinski definition) is 2. The van der Waals surface area contributed by atoms with Gasteiger partial charge in [0.15, 0.2) is 11.6 Å². The molecule has 0 spiro atoms. The highest BCUT2D eigenvalue weighted by molar-refractivity contribution is 7.18. The van der Waals surface area contributed by atoms with Crippen LogP contribution in [0, 0.1) is 0 Å². The number of fused-ring (bicyclic) bond motifs is 1. The highest BCUT2D eigenvalue weighted by Crippen LogP contribution is 2.24. The molecule has 1 heterocycles. The Labute approximate surface area is 139 Å². The minimum Gasteiger partial charge on any atom is -0.322 e. The molecule has 0 bridgehead atoms. The number of nitrogens with zero attached hydrogens (tertiary/aromatic N) is 1. The van der Waals surface area contributed by atoms with E-state index in [9.17, 15) is 4.79 Å². The molecule has 2 aromatic carbocycles. The van der Waals surface area contributed by atoms with Gasteiger partial charge in [0.2, 0.25) is 0 Å². The van der Waals surface area contributed by atoms with Crippen molar-refractivity contribution in [1.29, 1.82) is 0 Å². The number of carbonyl (C=O) groups excluding carboxylic acids is 1. The molecule has 118 valence electrons. The van der Waals surface area contributed by atoms with Crippen LogP contribution in [-0.4, -0.2) is 24.5 Å². The van der Waals surface area contributed by atoms with E-state index in [1.54, 1.807) is 11.3 Å². The number of rotatable bonds is 5. The van der Waals surface area contributed by atoms with Crippen LogP contribution in [-0.2, 0) is 4.79 Å². The number of thiazole rings is 1. The highest BCUT2D eigenvalue weighted by atomic mass is 32.1. The molecule has 3 rings (SSSR count). The summed E-state index contributed by atoms with van der Waals surface area (Å²) in [5.41, 5.74) is 1.86. The van der Waals surface area contributed by atoms with Crippen molar-refractivity contribution in [3.05, 3.63) is 59.6 Å². The standard InChI is InChI=1S/C18H19N3OS/c1-13(18-20-15-10-6-7-11-16(15)23-18)21(2)12-17(22)19-14-8-4-3-5-9-14/h3-11,13H,12H2,1-2H3,(H,19,22)/p+1/t13-/m1/s1. The van der Waals surface area contributed by atoms with Crippen LogP contribution in [0.3, 0.4) is 0 Å². The zero-order valence-electron chi connectivity index (χ0n) is 13.2. The quantitative estimate of drug-likeness (QED) is 0.757. The Bertz CT molecular complexity index is 767. The lowest BCUT2D eigenvalue weighted by Gasteiger charge is -2.19. The Morgan fingerprint density at radius 1 is 1.17 bits per heavy atom. The average molecular weight is 326 g/mol. The van der Waals surface area contributed by atoms with Crippen LogP contribution in [0.2, 0.25) is 0 Å². The van der Waals surface area contributed by atoms with Gasteiger partial charge in [-0.15, -0.1) is 11.3 Å². The summed E-state index contributed by atoms with van der Waals surface area (Å²) in [5, 5.41) is 3.99. The van der Waals surface area contributed by atoms with Gasteiger partial charge in [-0.05, 0) is 31.2 Å². The molecular formula is C18H20N3OS+. The number of carbonyl (C=O) groups is 1. The Morgan fingerprint density at radius 2 is 1.87 bits per heavy atom. The van der Waals surface area contributed by atoms with Gasteiger partial charge < -0.3 is 10.2 Å². The minimum absolute atomic E-state index is 0.0154. The van der Waals surface area contributed by atoms with Crippen molar-refractivity contribution in [1.82, 2.24) is 4.98 Å². The van der Waals surface area contributed by atoms with Crippen molar-refractivity contribution in [2.45, 2.75) is 13.0 Å². The van der Waals surface area contributed by atoms with E-state index in [2.05, 4.69) is 18.3 Å². The van der Waals surface area contributed by atoms with Crippen LogP contribution in [0.5, 0.6) is 0 Å². The van der Waals surface area contributed by atoms with Gasteiger partial charge in [-0.2, -0.15) is 0 Å². The van der Waals surface area contributed by atoms with Gasteiger partial charge in [-0.25, -0.2) is 4.98 Å². The van der Waals surface area contributed by atoms with E-state index in [1.165, 1.54) is 4.70 Å². The Hall–Kier alpha value is -2.24. The SMILES string of the molecule is C[C@H](c1nc2ccccc2s1)[NH+](C)CC(=O)Nc1ccccc1. The van der Waals surface area contributed by atoms with Crippen LogP contribution in [0.25, 0.3) is 10.2 Å². The molecule has 0 radical (unpaired) electrons. The van der Waals surface area contributed by atoms with E-state index < -0.39 is 0 Å². The van der Waals surface area contributed by atoms with Crippen molar-refractivity contribution in [2.75, 3.05) is 18.9 Å². The third-order valence-electron chi connectivity index (χ3n) is 3.92. The van der Waals surface area contributed by atoms with Gasteiger partial charge in [0, 0.05) is 5.69 Å². The molecule has 4 nitrogen and oxygen atoms in total. The van der Waals surface area contributed by atoms with E-state index in [0.717, 1.165) is 21.1 Å². The third-order valence-corrected chi connectivity index (χ3v) is 5.14. The number of benzene rings is 2. The van der Waals surface area contributed by atoms with Crippen molar-refractivity contribution >= 4 is 33.1 Å². The first-order chi connectivity index (χ1) is 11.1. The summed E-state index contributed by atoms with van der Waals surface area (Å²) in [6, 6.07) is 17.9. The molecular weight excluding hydrogens is 306 g/mol. The molecule has 0 saturated carbocycles. The van der Waals surface area contributed by atoms with Crippen LogP contribution in [0.1, 0.15) is 18.0 Å². The molecule has 0 saturated heterocycles. The lowest BCUT2D eigenvalue weighted by molar-refractivity contribution is -0.902. The second-order valence-electron chi connectivity index (χ2n) is 5.68. The lowest BCUT2D eigenvalue weighted by Crippen LogP contribution is -3.10. The summed E-state index contributed by atoms with van der Waals surface area (Å²) < 4.78 is 1.19. The molecule has 2 atom stereocenters. The maximum Gasteiger partial charge on any atom is 0.279 e. The van der Waals surface area contributed by atoms with Crippen LogP contribution < -0.4 is 10.2 Å². The van der Waals surface area contributed by atoms with Crippen molar-refractivity contribution in [3.8, 4) is 0 Å². The lowest BCUT2D eigenvalue weighted by atomic mass is 10.3. The molecule has 3 aromatic rings. The first-order valence-electron chi connectivity index (χ1n) is 7.66. The summed E-state index contributed by atoms with van der Waals surface area (Å²) >= 11 is 1.70. The van der Waals surface area contributed by atoms with E-state index in [1.807, 2.05) is 55.6 Å². The van der Waals surface area contributed by atoms with E-state index >= 15 is 0 Å². The van der Waals surface area contributed by atoms with Gasteiger partial charge >= 0.3 is 0 Å². The largest absolute Gasteiger partial charge is 0.322 e. The van der Waals surface area contributed by atoms with Crippen LogP contribution in [0.15, 0.2) is 54.6 Å². The average Bonchev–Trinajstić information content (AvgIpc) is 2.98. The number of hydrogen-bond acceptors (Lipinski definition) is 3. The molecule has 0 fully saturated rings. The zero-order chi connectivity index (χ0) is 16.2. The normalized spacial score (nSPS) is 13.7. The number of amides is 1. The molecule has 2 N–H and O–H groups in total. The summed E-state index contributed by atoms with van der Waals surface area (Å²) in [7, 11) is 2.03. The van der Waals surface area contributed by atoms with E-state index in [0.29, 0.717) is 6.54 Å². The van der Waals surface area contributed by atoms with Gasteiger partial charge in [-0.3, -0.25) is 4.79 Å². The first-order valence-corrected chi connectivity index (χ1v) is 8.48. The second kappa shape index (κ2) is 6.89. The number of quaternary nitrogens is 1. The fourth-order valence-corrected chi connectivity index (χ4v) is 3.53. The van der Waals surface area contributed by atoms with Crippen molar-refractivity contribution < 1.29 is 9.69 Å². The van der Waals surface area contributed by atoms with Gasteiger partial charge in [0.05, 0.1) is 17.3 Å². The monoisotopic (exact) mass is 326 g/mol. The summed E-state index contributed by atoms with van der Waals surface area (Å²) in [6.45, 7) is 2.52. The van der Waals surface area contributed by atoms with Gasteiger partial charge in [0.1, 0.15) is 6.04 Å². The Kier molecular flexibility index (Phi) is 4.69. The fourth-order valence-electron chi connectivity index (χ4n) is 2.42. The molecule has 0 aliphatic rings. The van der Waals surface area contributed by atoms with Crippen molar-refractivity contribution in [3.63, 3.8) is 0 Å². The third kappa shape index (κ3) is 3.75. The topological polar surface area (TPSA) is 46.4 Å². The molecule has 0 aliphatic carbocycles. The fraction of sp³-hybridized carbons (Fsp3) is 0.222. The maximum absolute atomic E-state index is 12.2. The smallest absolute Gasteiger partial charge is 0.279 e. The first kappa shape index (κ1) is 15.6. The van der Waals surface area contributed by atoms with E-state index in [-0.39, 0.29) is 11.9 Å². The number of para-hydroxylation sites is 2. The molecule has 5 heteroatoms. The molecule has 1 amide bonds. The summed E-state index contributed by atoms with van der Waals surface area (Å²) in [6.07, 6.45) is 0. The number of likely N-dealkylation sites (N-methyl/N-ethyl adjacent to an activating group) is 1. The summed E-state index contributed by atoms with van der Waals surface area (Å²) in [5.74, 6) is 0.0154.